The Labute approximate surface area is 175 Å². The Morgan fingerprint density at radius 3 is 2.62 bits per heavy atom. The number of hydrogen-bond donors (Lipinski definition) is 4. The van der Waals surface area contributed by atoms with Crippen LogP contribution in [-0.4, -0.2) is 59.0 Å². The quantitative estimate of drug-likeness (QED) is 0.410. The van der Waals surface area contributed by atoms with Crippen molar-refractivity contribution in [2.24, 2.45) is 0 Å². The van der Waals surface area contributed by atoms with Gasteiger partial charge in [0.1, 0.15) is 11.8 Å². The Morgan fingerprint density at radius 1 is 1.31 bits per heavy atom. The number of pyridine rings is 1. The average Bonchev–Trinajstić information content (AvgIpc) is 3.12. The molecule has 0 spiro atoms. The van der Waals surface area contributed by atoms with Crippen molar-refractivity contribution >= 4 is 32.4 Å². The number of nitrogens with one attached hydrogen (secondary N) is 2. The molecule has 0 aromatic carbocycles. The third kappa shape index (κ3) is 7.69. The van der Waals surface area contributed by atoms with Gasteiger partial charge in [-0.05, 0) is 30.5 Å². The maximum absolute atomic E-state index is 12.6. The molecule has 0 aliphatic rings. The minimum Gasteiger partial charge on any atom is -0.390 e. The van der Waals surface area contributed by atoms with Crippen LogP contribution in [0.1, 0.15) is 43.7 Å². The molecule has 2 heterocycles. The molecule has 2 aromatic rings. The van der Waals surface area contributed by atoms with Crippen molar-refractivity contribution < 1.29 is 24.9 Å². The number of nitrogens with zero attached hydrogens (tertiary/aromatic N) is 2. The van der Waals surface area contributed by atoms with Gasteiger partial charge in [0.2, 0.25) is 10.0 Å². The van der Waals surface area contributed by atoms with E-state index in [1.807, 2.05) is 6.92 Å². The first kappa shape index (κ1) is 23.2. The molecule has 2 aromatic heterocycles. The van der Waals surface area contributed by atoms with Crippen LogP contribution in [0, 0.1) is 0 Å². The van der Waals surface area contributed by atoms with E-state index in [2.05, 4.69) is 20.0 Å². The van der Waals surface area contributed by atoms with Crippen molar-refractivity contribution in [1.29, 1.82) is 0 Å². The number of carbonyl (C=O) groups is 1. The zero-order valence-corrected chi connectivity index (χ0v) is 17.9. The van der Waals surface area contributed by atoms with Gasteiger partial charge in [-0.3, -0.25) is 14.5 Å². The molecule has 9 nitrogen and oxygen atoms in total. The van der Waals surface area contributed by atoms with Gasteiger partial charge < -0.3 is 15.5 Å². The van der Waals surface area contributed by atoms with Gasteiger partial charge in [-0.25, -0.2) is 13.4 Å². The highest BCUT2D eigenvalue weighted by Gasteiger charge is 2.28. The number of amides is 1. The van der Waals surface area contributed by atoms with E-state index in [4.69, 9.17) is 0 Å². The minimum atomic E-state index is -3.50. The van der Waals surface area contributed by atoms with E-state index in [1.54, 1.807) is 24.5 Å². The lowest BCUT2D eigenvalue weighted by atomic mass is 9.95. The molecule has 0 aliphatic heterocycles. The smallest absolute Gasteiger partial charge is 0.271 e. The van der Waals surface area contributed by atoms with Crippen LogP contribution < -0.4 is 10.0 Å². The van der Waals surface area contributed by atoms with E-state index in [0.29, 0.717) is 6.42 Å². The molecule has 4 N–H and O–H groups in total. The van der Waals surface area contributed by atoms with Gasteiger partial charge in [0.25, 0.3) is 5.91 Å². The van der Waals surface area contributed by atoms with E-state index in [-0.39, 0.29) is 18.7 Å². The van der Waals surface area contributed by atoms with E-state index < -0.39 is 34.2 Å². The normalized spacial score (nSPS) is 14.8. The van der Waals surface area contributed by atoms with Crippen LogP contribution in [0.3, 0.4) is 0 Å². The minimum absolute atomic E-state index is 0. The van der Waals surface area contributed by atoms with E-state index in [0.717, 1.165) is 36.0 Å². The summed E-state index contributed by atoms with van der Waals surface area (Å²) in [6.45, 7) is 1.99. The fourth-order valence-electron chi connectivity index (χ4n) is 2.71. The molecule has 1 amide bonds. The first-order chi connectivity index (χ1) is 13.7. The van der Waals surface area contributed by atoms with Gasteiger partial charge in [0, 0.05) is 19.2 Å². The number of aliphatic hydroxyl groups is 2. The number of hydrogen-bond acceptors (Lipinski definition) is 8. The second-order valence-electron chi connectivity index (χ2n) is 6.75. The van der Waals surface area contributed by atoms with Gasteiger partial charge >= 0.3 is 0 Å². The third-order valence-corrected chi connectivity index (χ3v) is 5.64. The second-order valence-corrected chi connectivity index (χ2v) is 9.36. The molecule has 29 heavy (non-hydrogen) atoms. The van der Waals surface area contributed by atoms with E-state index in [9.17, 15) is 23.4 Å². The average molecular weight is 445 g/mol. The molecule has 0 bridgehead atoms. The van der Waals surface area contributed by atoms with Crippen LogP contribution in [-0.2, 0) is 16.4 Å². The Kier molecular flexibility index (Phi) is 8.50. The maximum atomic E-state index is 12.6. The molecule has 0 fully saturated rings. The summed E-state index contributed by atoms with van der Waals surface area (Å²) in [5.41, 5.74) is 0.862. The van der Waals surface area contributed by atoms with E-state index in [1.165, 1.54) is 5.38 Å². The van der Waals surface area contributed by atoms with Crippen LogP contribution in [0.4, 0.5) is 5.13 Å². The highest BCUT2D eigenvalue weighted by molar-refractivity contribution is 7.92. The lowest BCUT2D eigenvalue weighted by molar-refractivity contribution is -0.00817. The van der Waals surface area contributed by atoms with Gasteiger partial charge in [0.05, 0.1) is 18.4 Å². The fourth-order valence-corrected chi connectivity index (χ4v) is 4.25. The summed E-state index contributed by atoms with van der Waals surface area (Å²) in [4.78, 5) is 20.5. The number of rotatable bonds is 11. The summed E-state index contributed by atoms with van der Waals surface area (Å²) >= 11 is 0.979. The van der Waals surface area contributed by atoms with Crippen molar-refractivity contribution in [3.05, 3.63) is 41.2 Å². The van der Waals surface area contributed by atoms with Gasteiger partial charge in [-0.15, -0.1) is 11.3 Å². The standard InChI is InChI=1S/C18H26N4O5S2.H2/c1-3-4-5-15(23)16(24)13(10-12-6-8-19-9-7-12)20-17(25)14-11-28-18(21-14)22-29(2,26)27;/h6-9,11,13,15-16,23-24H,3-5,10H2,1-2H3,(H,20,25)(H,21,22);1H. The first-order valence-electron chi connectivity index (χ1n) is 9.18. The topological polar surface area (TPSA) is 142 Å². The number of sulfonamides is 1. The first-order valence-corrected chi connectivity index (χ1v) is 12.0. The highest BCUT2D eigenvalue weighted by Crippen LogP contribution is 2.18. The third-order valence-electron chi connectivity index (χ3n) is 4.19. The second kappa shape index (κ2) is 10.6. The van der Waals surface area contributed by atoms with Crippen molar-refractivity contribution in [2.45, 2.75) is 50.9 Å². The Hall–Kier alpha value is -2.08. The molecule has 2 rings (SSSR count). The molecular formula is C18H28N4O5S2. The molecule has 0 saturated carbocycles. The van der Waals surface area contributed by atoms with Crippen LogP contribution in [0.15, 0.2) is 29.9 Å². The summed E-state index contributed by atoms with van der Waals surface area (Å²) in [5.74, 6) is -0.566. The number of carbonyl (C=O) groups excluding carboxylic acids is 1. The van der Waals surface area contributed by atoms with Crippen LogP contribution in [0.5, 0.6) is 0 Å². The largest absolute Gasteiger partial charge is 0.390 e. The van der Waals surface area contributed by atoms with Crippen molar-refractivity contribution in [3.63, 3.8) is 0 Å². The van der Waals surface area contributed by atoms with Crippen molar-refractivity contribution in [3.8, 4) is 0 Å². The number of unbranched alkanes of at least 4 members (excludes halogenated alkanes) is 1. The zero-order valence-electron chi connectivity index (χ0n) is 16.3. The summed E-state index contributed by atoms with van der Waals surface area (Å²) < 4.78 is 24.8. The molecular weight excluding hydrogens is 416 g/mol. The Morgan fingerprint density at radius 2 is 2.00 bits per heavy atom. The Bertz CT molecular complexity index is 895. The number of thiazole rings is 1. The van der Waals surface area contributed by atoms with Crippen LogP contribution in [0.2, 0.25) is 0 Å². The van der Waals surface area contributed by atoms with Gasteiger partial charge in [-0.2, -0.15) is 0 Å². The van der Waals surface area contributed by atoms with Gasteiger partial charge in [-0.1, -0.05) is 19.8 Å². The molecule has 11 heteroatoms. The van der Waals surface area contributed by atoms with Crippen LogP contribution >= 0.6 is 11.3 Å². The van der Waals surface area contributed by atoms with Crippen molar-refractivity contribution in [1.82, 2.24) is 15.3 Å². The number of anilines is 1. The number of aliphatic hydroxyl groups excluding tert-OH is 2. The van der Waals surface area contributed by atoms with Crippen molar-refractivity contribution in [2.75, 3.05) is 11.0 Å². The number of aromatic nitrogens is 2. The predicted molar refractivity (Wildman–Crippen MR) is 113 cm³/mol. The van der Waals surface area contributed by atoms with Crippen LogP contribution in [0.25, 0.3) is 0 Å². The summed E-state index contributed by atoms with van der Waals surface area (Å²) in [5, 5.41) is 25.1. The lowest BCUT2D eigenvalue weighted by Gasteiger charge is -2.27. The molecule has 162 valence electrons. The zero-order chi connectivity index (χ0) is 21.4. The Balaban J connectivity index is 0.00000450. The van der Waals surface area contributed by atoms with E-state index >= 15 is 0 Å². The highest BCUT2D eigenvalue weighted by atomic mass is 32.2. The molecule has 0 aliphatic carbocycles. The summed E-state index contributed by atoms with van der Waals surface area (Å²) in [6, 6.07) is 2.77. The summed E-state index contributed by atoms with van der Waals surface area (Å²) in [7, 11) is -3.50. The summed E-state index contributed by atoms with van der Waals surface area (Å²) in [6.07, 6.45) is 4.38. The van der Waals surface area contributed by atoms with Gasteiger partial charge in [0.15, 0.2) is 5.13 Å². The monoisotopic (exact) mass is 444 g/mol. The SMILES string of the molecule is CCCCC(O)C(O)C(Cc1ccncc1)NC(=O)c1csc(NS(C)(=O)=O)n1.[HH]. The molecule has 0 radical (unpaired) electrons. The maximum Gasteiger partial charge on any atom is 0.271 e. The molecule has 0 saturated heterocycles. The fraction of sp³-hybridized carbons (Fsp3) is 0.500. The lowest BCUT2D eigenvalue weighted by Crippen LogP contribution is -2.49. The molecule has 3 atom stereocenters. The predicted octanol–water partition coefficient (Wildman–Crippen LogP) is 1.41. The molecule has 3 unspecified atom stereocenters.